The van der Waals surface area contributed by atoms with Crippen LogP contribution in [0.3, 0.4) is 0 Å². The number of aliphatic hydroxyl groups excluding tert-OH is 3. The molecule has 0 fully saturated rings. The third kappa shape index (κ3) is 4.41. The molecule has 15 heavy (non-hydrogen) atoms. The predicted molar refractivity (Wildman–Crippen MR) is 52.5 cm³/mol. The summed E-state index contributed by atoms with van der Waals surface area (Å²) in [6.07, 6.45) is 0.116. The van der Waals surface area contributed by atoms with Crippen molar-refractivity contribution in [2.45, 2.75) is 12.5 Å². The van der Waals surface area contributed by atoms with E-state index in [9.17, 15) is 8.42 Å². The van der Waals surface area contributed by atoms with E-state index in [0.717, 1.165) is 0 Å². The van der Waals surface area contributed by atoms with E-state index >= 15 is 0 Å². The monoisotopic (exact) mass is 243 g/mol. The highest BCUT2D eigenvalue weighted by molar-refractivity contribution is 7.67. The van der Waals surface area contributed by atoms with Gasteiger partial charge in [0.25, 0.3) is 11.0 Å². The molecule has 7 nitrogen and oxygen atoms in total. The number of aliphatic hydroxyl groups is 3. The fourth-order valence-corrected chi connectivity index (χ4v) is 1.32. The van der Waals surface area contributed by atoms with Gasteiger partial charge in [0.15, 0.2) is 0 Å². The molecule has 0 aliphatic carbocycles. The molecule has 0 amide bonds. The van der Waals surface area contributed by atoms with Crippen molar-refractivity contribution in [1.82, 2.24) is 0 Å². The summed E-state index contributed by atoms with van der Waals surface area (Å²) in [5, 5.41) is 27.0. The number of thiol groups is 1. The van der Waals surface area contributed by atoms with Gasteiger partial charge in [0.2, 0.25) is 0 Å². The topological polar surface area (TPSA) is 130 Å². The van der Waals surface area contributed by atoms with Gasteiger partial charge in [0.1, 0.15) is 0 Å². The van der Waals surface area contributed by atoms with Crippen LogP contribution >= 0.6 is 0 Å². The van der Waals surface area contributed by atoms with E-state index in [-0.39, 0.29) is 13.0 Å². The summed E-state index contributed by atoms with van der Waals surface area (Å²) in [5.74, 6) is 0. The molecule has 0 aromatic rings. The zero-order valence-electron chi connectivity index (χ0n) is 8.20. The highest BCUT2D eigenvalue weighted by Gasteiger charge is 2.34. The zero-order chi connectivity index (χ0) is 11.9. The molecule has 92 valence electrons. The van der Waals surface area contributed by atoms with Crippen molar-refractivity contribution >= 4 is 11.0 Å². The summed E-state index contributed by atoms with van der Waals surface area (Å²) in [7, 11) is -2.92. The summed E-state index contributed by atoms with van der Waals surface area (Å²) in [5.41, 5.74) is 4.40. The van der Waals surface area contributed by atoms with E-state index in [4.69, 9.17) is 21.1 Å². The van der Waals surface area contributed by atoms with Gasteiger partial charge in [-0.05, 0) is 6.42 Å². The molecule has 0 saturated heterocycles. The molecule has 0 saturated carbocycles. The van der Waals surface area contributed by atoms with Crippen LogP contribution in [-0.2, 0) is 15.2 Å². The van der Waals surface area contributed by atoms with Crippen molar-refractivity contribution < 1.29 is 27.9 Å². The van der Waals surface area contributed by atoms with E-state index in [0.29, 0.717) is 0 Å². The minimum Gasteiger partial charge on any atom is -0.396 e. The number of rotatable bonds is 8. The quantitative estimate of drug-likeness (QED) is 0.291. The first-order valence-electron chi connectivity index (χ1n) is 4.38. The molecule has 0 aromatic carbocycles. The molecule has 0 bridgehead atoms. The molecule has 0 aliphatic rings. The summed E-state index contributed by atoms with van der Waals surface area (Å²) < 4.78 is 24.4. The van der Waals surface area contributed by atoms with E-state index in [2.05, 4.69) is 4.18 Å². The van der Waals surface area contributed by atoms with Crippen LogP contribution in [0, 0.1) is 5.41 Å². The fraction of sp³-hybridized carbons (Fsp3) is 1.00. The molecule has 0 rings (SSSR count). The van der Waals surface area contributed by atoms with Gasteiger partial charge in [-0.1, -0.05) is 0 Å². The van der Waals surface area contributed by atoms with Crippen LogP contribution in [0.4, 0.5) is 0 Å². The molecule has 0 spiro atoms. The fourth-order valence-electron chi connectivity index (χ4n) is 1.06. The summed E-state index contributed by atoms with van der Waals surface area (Å²) in [6.45, 7) is -1.58. The van der Waals surface area contributed by atoms with Gasteiger partial charge >= 0.3 is 0 Å². The number of nitrogens with two attached hydrogens (primary N) is 1. The number of hydrogen-bond acceptors (Lipinski definition) is 7. The van der Waals surface area contributed by atoms with Crippen molar-refractivity contribution in [3.63, 3.8) is 0 Å². The van der Waals surface area contributed by atoms with Crippen LogP contribution < -0.4 is 5.73 Å². The van der Waals surface area contributed by atoms with Crippen LogP contribution in [0.1, 0.15) is 6.42 Å². The molecule has 0 aliphatic heterocycles. The molecule has 5 N–H and O–H groups in total. The molecular formula is C7H17NO6S. The van der Waals surface area contributed by atoms with Crippen molar-refractivity contribution in [1.29, 1.82) is 0 Å². The van der Waals surface area contributed by atoms with E-state index in [1.54, 1.807) is 0 Å². The first-order chi connectivity index (χ1) is 7.02. The van der Waals surface area contributed by atoms with Crippen LogP contribution in [0.25, 0.3) is 0 Å². The second-order valence-corrected chi connectivity index (χ2v) is 3.99. The molecule has 1 unspecified atom stereocenters. The zero-order valence-corrected chi connectivity index (χ0v) is 9.10. The Hall–Kier alpha value is -0.250. The minimum absolute atomic E-state index is 0.116. The van der Waals surface area contributed by atoms with Crippen molar-refractivity contribution in [2.24, 2.45) is 11.1 Å². The molecule has 0 radical (unpaired) electrons. The molecule has 0 heterocycles. The SMILES string of the molecule is NC(CCO[SH](=O)=O)C(CO)(CO)CO. The Labute approximate surface area is 89.6 Å². The van der Waals surface area contributed by atoms with Crippen molar-refractivity contribution in [2.75, 3.05) is 26.4 Å². The highest BCUT2D eigenvalue weighted by Crippen LogP contribution is 2.21. The van der Waals surface area contributed by atoms with E-state index < -0.39 is 42.3 Å². The lowest BCUT2D eigenvalue weighted by Gasteiger charge is -2.33. The normalized spacial score (nSPS) is 14.5. The van der Waals surface area contributed by atoms with Crippen LogP contribution in [0.15, 0.2) is 0 Å². The lowest BCUT2D eigenvalue weighted by atomic mass is 9.81. The second kappa shape index (κ2) is 7.09. The number of hydrogen-bond donors (Lipinski definition) is 5. The third-order valence-electron chi connectivity index (χ3n) is 2.36. The molecule has 1 atom stereocenters. The van der Waals surface area contributed by atoms with Crippen LogP contribution in [0.5, 0.6) is 0 Å². The lowest BCUT2D eigenvalue weighted by molar-refractivity contribution is -0.0170. The van der Waals surface area contributed by atoms with Gasteiger partial charge < -0.3 is 21.1 Å². The van der Waals surface area contributed by atoms with Gasteiger partial charge in [-0.3, -0.25) is 4.18 Å². The summed E-state index contributed by atoms with van der Waals surface area (Å²) >= 11 is 0. The first-order valence-corrected chi connectivity index (χ1v) is 5.47. The summed E-state index contributed by atoms with van der Waals surface area (Å²) in [6, 6.07) is -0.743. The van der Waals surface area contributed by atoms with E-state index in [1.807, 2.05) is 0 Å². The predicted octanol–water partition coefficient (Wildman–Crippen LogP) is -2.79. The average molecular weight is 243 g/mol. The Kier molecular flexibility index (Phi) is 6.98. The first kappa shape index (κ1) is 14.8. The lowest BCUT2D eigenvalue weighted by Crippen LogP contribution is -2.50. The smallest absolute Gasteiger partial charge is 0.257 e. The summed E-state index contributed by atoms with van der Waals surface area (Å²) in [4.78, 5) is 0. The maximum absolute atomic E-state index is 10.1. The van der Waals surface area contributed by atoms with Gasteiger partial charge in [-0.2, -0.15) is 0 Å². The Morgan fingerprint density at radius 2 is 1.67 bits per heavy atom. The van der Waals surface area contributed by atoms with Gasteiger partial charge in [-0.15, -0.1) is 0 Å². The standard InChI is InChI=1S/C7H17NO6S/c8-6(1-2-14-15(12)13)7(3-9,4-10)5-11/h6,9-11,15H,1-5,8H2. The second-order valence-electron chi connectivity index (χ2n) is 3.29. The molecule has 0 aromatic heterocycles. The largest absolute Gasteiger partial charge is 0.396 e. The molecule has 8 heteroatoms. The Morgan fingerprint density at radius 3 is 2.00 bits per heavy atom. The Morgan fingerprint density at radius 1 is 1.20 bits per heavy atom. The molecular weight excluding hydrogens is 226 g/mol. The van der Waals surface area contributed by atoms with Crippen LogP contribution in [-0.4, -0.2) is 56.2 Å². The van der Waals surface area contributed by atoms with Crippen LogP contribution in [0.2, 0.25) is 0 Å². The third-order valence-corrected chi connectivity index (χ3v) is 2.75. The highest BCUT2D eigenvalue weighted by atomic mass is 32.2. The maximum Gasteiger partial charge on any atom is 0.257 e. The Bertz CT molecular complexity index is 223. The minimum atomic E-state index is -2.92. The maximum atomic E-state index is 10.1. The van der Waals surface area contributed by atoms with Gasteiger partial charge in [0, 0.05) is 6.04 Å². The van der Waals surface area contributed by atoms with Crippen molar-refractivity contribution in [3.05, 3.63) is 0 Å². The van der Waals surface area contributed by atoms with Gasteiger partial charge in [-0.25, -0.2) is 8.42 Å². The van der Waals surface area contributed by atoms with E-state index in [1.165, 1.54) is 0 Å². The average Bonchev–Trinajstić information content (AvgIpc) is 2.21. The van der Waals surface area contributed by atoms with Crippen molar-refractivity contribution in [3.8, 4) is 0 Å². The van der Waals surface area contributed by atoms with Gasteiger partial charge in [0.05, 0.1) is 31.8 Å². The Balaban J connectivity index is 4.19.